The van der Waals surface area contributed by atoms with Crippen LogP contribution in [0.5, 0.6) is 0 Å². The number of rotatable bonds is 3. The highest BCUT2D eigenvalue weighted by Gasteiger charge is 2.16. The number of aromatic nitrogens is 4. The molecule has 2 aromatic rings. The van der Waals surface area contributed by atoms with Crippen LogP contribution in [0.1, 0.15) is 38.9 Å². The van der Waals surface area contributed by atoms with Crippen molar-refractivity contribution in [1.29, 1.82) is 0 Å². The number of carbonyl (C=O) groups is 1. The summed E-state index contributed by atoms with van der Waals surface area (Å²) in [6, 6.07) is 1.63. The summed E-state index contributed by atoms with van der Waals surface area (Å²) in [5, 5.41) is 16.3. The van der Waals surface area contributed by atoms with Crippen LogP contribution in [0.4, 0.5) is 0 Å². The van der Waals surface area contributed by atoms with Gasteiger partial charge in [0.25, 0.3) is 5.91 Å². The van der Waals surface area contributed by atoms with Gasteiger partial charge >= 0.3 is 0 Å². The number of hydrogen-bond donors (Lipinski definition) is 2. The molecule has 0 saturated heterocycles. The Morgan fingerprint density at radius 1 is 1.53 bits per heavy atom. The molecule has 1 unspecified atom stereocenters. The molecule has 2 N–H and O–H groups in total. The van der Waals surface area contributed by atoms with Crippen molar-refractivity contribution in [2.45, 2.75) is 26.8 Å². The molecule has 2 rings (SSSR count). The average molecular weight is 251 g/mol. The molecule has 90 valence electrons. The van der Waals surface area contributed by atoms with Crippen LogP contribution in [-0.2, 0) is 0 Å². The number of nitrogens with zero attached hydrogens (tertiary/aromatic N) is 3. The molecule has 0 saturated carbocycles. The Balaban J connectivity index is 2.07. The van der Waals surface area contributed by atoms with E-state index in [0.29, 0.717) is 10.7 Å². The molecule has 0 aliphatic heterocycles. The van der Waals surface area contributed by atoms with Gasteiger partial charge in [-0.05, 0) is 32.4 Å². The summed E-state index contributed by atoms with van der Waals surface area (Å²) in [6.07, 6.45) is 0. The van der Waals surface area contributed by atoms with E-state index < -0.39 is 0 Å². The van der Waals surface area contributed by atoms with Gasteiger partial charge in [0.05, 0.1) is 10.9 Å². The number of nitrogens with one attached hydrogen (secondary N) is 2. The lowest BCUT2D eigenvalue weighted by Crippen LogP contribution is -2.26. The zero-order valence-corrected chi connectivity index (χ0v) is 10.6. The molecule has 0 aliphatic carbocycles. The second-order valence-corrected chi connectivity index (χ2v) is 5.07. The smallest absolute Gasteiger partial charge is 0.261 e. The summed E-state index contributed by atoms with van der Waals surface area (Å²) in [5.41, 5.74) is 1.13. The Hall–Kier alpha value is -1.76. The van der Waals surface area contributed by atoms with E-state index in [2.05, 4.69) is 25.9 Å². The minimum atomic E-state index is -0.260. The molecular formula is C10H13N5OS. The summed E-state index contributed by atoms with van der Waals surface area (Å²) in [6.45, 7) is 5.81. The molecule has 0 fully saturated rings. The van der Waals surface area contributed by atoms with E-state index in [9.17, 15) is 4.79 Å². The van der Waals surface area contributed by atoms with Crippen LogP contribution in [0.15, 0.2) is 6.07 Å². The Bertz CT molecular complexity index is 499. The Morgan fingerprint density at radius 2 is 2.29 bits per heavy atom. The van der Waals surface area contributed by atoms with Crippen LogP contribution in [0, 0.1) is 13.8 Å². The van der Waals surface area contributed by atoms with Gasteiger partial charge in [-0.2, -0.15) is 5.21 Å². The van der Waals surface area contributed by atoms with Gasteiger partial charge in [0, 0.05) is 4.88 Å². The van der Waals surface area contributed by atoms with E-state index in [1.807, 2.05) is 26.8 Å². The lowest BCUT2D eigenvalue weighted by atomic mass is 10.2. The van der Waals surface area contributed by atoms with E-state index in [-0.39, 0.29) is 11.9 Å². The summed E-state index contributed by atoms with van der Waals surface area (Å²) in [5.74, 6) is 0.367. The highest BCUT2D eigenvalue weighted by molar-refractivity contribution is 7.14. The number of aromatic amines is 1. The molecule has 1 atom stereocenters. The summed E-state index contributed by atoms with van der Waals surface area (Å²) in [4.78, 5) is 13.8. The van der Waals surface area contributed by atoms with Crippen molar-refractivity contribution in [2.24, 2.45) is 0 Å². The standard InChI is InChI=1S/C10H13N5OS/c1-5-4-8(17-7(5)3)10(16)11-6(2)9-12-14-15-13-9/h4,6H,1-3H3,(H,11,16)(H,12,13,14,15). The van der Waals surface area contributed by atoms with Gasteiger partial charge in [0.1, 0.15) is 0 Å². The lowest BCUT2D eigenvalue weighted by molar-refractivity contribution is 0.0942. The van der Waals surface area contributed by atoms with Crippen LogP contribution in [-0.4, -0.2) is 26.5 Å². The van der Waals surface area contributed by atoms with Gasteiger partial charge in [0.2, 0.25) is 0 Å². The van der Waals surface area contributed by atoms with Gasteiger partial charge in [-0.1, -0.05) is 5.21 Å². The van der Waals surface area contributed by atoms with Crippen molar-refractivity contribution in [3.63, 3.8) is 0 Å². The van der Waals surface area contributed by atoms with E-state index in [4.69, 9.17) is 0 Å². The molecule has 17 heavy (non-hydrogen) atoms. The summed E-state index contributed by atoms with van der Waals surface area (Å²) in [7, 11) is 0. The highest BCUT2D eigenvalue weighted by atomic mass is 32.1. The molecule has 0 radical (unpaired) electrons. The SMILES string of the molecule is Cc1cc(C(=O)NC(C)c2nn[nH]n2)sc1C. The van der Waals surface area contributed by atoms with Gasteiger partial charge in [0.15, 0.2) is 5.82 Å². The lowest BCUT2D eigenvalue weighted by Gasteiger charge is -2.08. The zero-order valence-electron chi connectivity index (χ0n) is 9.81. The number of aryl methyl sites for hydroxylation is 2. The van der Waals surface area contributed by atoms with Crippen molar-refractivity contribution in [1.82, 2.24) is 25.9 Å². The molecular weight excluding hydrogens is 238 g/mol. The minimum Gasteiger partial charge on any atom is -0.341 e. The largest absolute Gasteiger partial charge is 0.341 e. The second kappa shape index (κ2) is 4.62. The number of tetrazole rings is 1. The first-order valence-corrected chi connectivity index (χ1v) is 6.01. The third kappa shape index (κ3) is 2.50. The quantitative estimate of drug-likeness (QED) is 0.863. The molecule has 2 heterocycles. The summed E-state index contributed by atoms with van der Waals surface area (Å²) < 4.78 is 0. The van der Waals surface area contributed by atoms with E-state index in [0.717, 1.165) is 10.4 Å². The van der Waals surface area contributed by atoms with E-state index in [1.54, 1.807) is 0 Å². The number of hydrogen-bond acceptors (Lipinski definition) is 5. The number of amides is 1. The molecule has 7 heteroatoms. The molecule has 0 aromatic carbocycles. The fourth-order valence-electron chi connectivity index (χ4n) is 1.37. The molecule has 2 aromatic heterocycles. The maximum Gasteiger partial charge on any atom is 0.261 e. The Labute approximate surface area is 102 Å². The summed E-state index contributed by atoms with van der Waals surface area (Å²) >= 11 is 1.49. The fourth-order valence-corrected chi connectivity index (χ4v) is 2.31. The fraction of sp³-hybridized carbons (Fsp3) is 0.400. The van der Waals surface area contributed by atoms with Crippen molar-refractivity contribution in [3.8, 4) is 0 Å². The third-order valence-corrected chi connectivity index (χ3v) is 3.64. The first kappa shape index (κ1) is 11.7. The number of carbonyl (C=O) groups excluding carboxylic acids is 1. The Morgan fingerprint density at radius 3 is 2.82 bits per heavy atom. The van der Waals surface area contributed by atoms with Crippen LogP contribution in [0.3, 0.4) is 0 Å². The predicted octanol–water partition coefficient (Wildman–Crippen LogP) is 1.37. The molecule has 0 bridgehead atoms. The van der Waals surface area contributed by atoms with Crippen molar-refractivity contribution >= 4 is 17.2 Å². The van der Waals surface area contributed by atoms with Crippen molar-refractivity contribution in [2.75, 3.05) is 0 Å². The van der Waals surface area contributed by atoms with E-state index in [1.165, 1.54) is 11.3 Å². The van der Waals surface area contributed by atoms with Crippen LogP contribution in [0.25, 0.3) is 0 Å². The molecule has 1 amide bonds. The van der Waals surface area contributed by atoms with E-state index >= 15 is 0 Å². The first-order valence-electron chi connectivity index (χ1n) is 5.19. The van der Waals surface area contributed by atoms with Gasteiger partial charge < -0.3 is 5.32 Å². The van der Waals surface area contributed by atoms with Crippen LogP contribution in [0.2, 0.25) is 0 Å². The first-order chi connectivity index (χ1) is 8.08. The molecule has 6 nitrogen and oxygen atoms in total. The van der Waals surface area contributed by atoms with Crippen molar-refractivity contribution < 1.29 is 4.79 Å². The van der Waals surface area contributed by atoms with Crippen molar-refractivity contribution in [3.05, 3.63) is 27.2 Å². The topological polar surface area (TPSA) is 83.6 Å². The molecule has 0 spiro atoms. The van der Waals surface area contributed by atoms with Crippen LogP contribution >= 0.6 is 11.3 Å². The normalized spacial score (nSPS) is 12.4. The second-order valence-electron chi connectivity index (χ2n) is 3.82. The average Bonchev–Trinajstić information content (AvgIpc) is 2.89. The van der Waals surface area contributed by atoms with Gasteiger partial charge in [-0.15, -0.1) is 21.5 Å². The monoisotopic (exact) mass is 251 g/mol. The highest BCUT2D eigenvalue weighted by Crippen LogP contribution is 2.21. The zero-order chi connectivity index (χ0) is 12.4. The predicted molar refractivity (Wildman–Crippen MR) is 63.9 cm³/mol. The number of H-pyrrole nitrogens is 1. The van der Waals surface area contributed by atoms with Gasteiger partial charge in [-0.25, -0.2) is 0 Å². The maximum atomic E-state index is 11.9. The third-order valence-electron chi connectivity index (χ3n) is 2.49. The maximum absolute atomic E-state index is 11.9. The Kier molecular flexibility index (Phi) is 3.19. The van der Waals surface area contributed by atoms with Crippen LogP contribution < -0.4 is 5.32 Å². The number of thiophene rings is 1. The minimum absolute atomic E-state index is 0.108. The van der Waals surface area contributed by atoms with Gasteiger partial charge in [-0.3, -0.25) is 4.79 Å². The molecule has 0 aliphatic rings.